The van der Waals surface area contributed by atoms with Gasteiger partial charge in [0.25, 0.3) is 0 Å². The molecule has 15 atom stereocenters. The zero-order valence-electron chi connectivity index (χ0n) is 24.8. The van der Waals surface area contributed by atoms with Gasteiger partial charge in [-0.1, -0.05) is 0 Å². The fourth-order valence-corrected chi connectivity index (χ4v) is 5.17. The van der Waals surface area contributed by atoms with Crippen LogP contribution in [0.4, 0.5) is 0 Å². The van der Waals surface area contributed by atoms with Gasteiger partial charge in [0.05, 0.1) is 18.3 Å². The number of rotatable bonds is 8. The van der Waals surface area contributed by atoms with Crippen LogP contribution in [0.25, 0.3) is 0 Å². The first-order chi connectivity index (χ1) is 20.0. The van der Waals surface area contributed by atoms with Crippen LogP contribution in [0.15, 0.2) is 0 Å². The van der Waals surface area contributed by atoms with E-state index < -0.39 is 116 Å². The molecule has 246 valence electrons. The van der Waals surface area contributed by atoms with E-state index in [1.54, 1.807) is 0 Å². The third kappa shape index (κ3) is 8.37. The van der Waals surface area contributed by atoms with E-state index in [2.05, 4.69) is 0 Å². The molecule has 0 unspecified atom stereocenters. The van der Waals surface area contributed by atoms with Gasteiger partial charge in [-0.25, -0.2) is 0 Å². The third-order valence-corrected chi connectivity index (χ3v) is 7.07. The average molecular weight is 625 g/mol. The summed E-state index contributed by atoms with van der Waals surface area (Å²) in [7, 11) is 0. The van der Waals surface area contributed by atoms with Gasteiger partial charge in [0.1, 0.15) is 30.5 Å². The molecule has 0 aromatic rings. The predicted molar refractivity (Wildman–Crippen MR) is 135 cm³/mol. The highest BCUT2D eigenvalue weighted by molar-refractivity contribution is 5.67. The highest BCUT2D eigenvalue weighted by atomic mass is 16.8. The molecule has 17 heteroatoms. The summed E-state index contributed by atoms with van der Waals surface area (Å²) in [6, 6.07) is 0. The standard InChI is InChI=1S/C26H40O17/c1-8-15(31)20(17(33)24(34)35-8)42-26-23(41-14(7)30)22(19(10(3)37-26)39-12(5)28)43-25-21(40-13(6)29)16(32)18(9(2)36-25)38-11(4)27/h8-10,15-26,31-34H,1-7H3/t8-,9-,10-,15-,16+,17+,18-,19-,20+,21+,22+,23+,24+,25-,26-/m0/s1. The van der Waals surface area contributed by atoms with Crippen molar-refractivity contribution in [3.8, 4) is 0 Å². The quantitative estimate of drug-likeness (QED) is 0.166. The first-order valence-electron chi connectivity index (χ1n) is 13.7. The number of esters is 4. The zero-order chi connectivity index (χ0) is 32.3. The molecule has 3 heterocycles. The second kappa shape index (κ2) is 14.5. The van der Waals surface area contributed by atoms with Crippen LogP contribution < -0.4 is 0 Å². The maximum atomic E-state index is 12.2. The molecule has 0 aliphatic carbocycles. The lowest BCUT2D eigenvalue weighted by atomic mass is 9.96. The SMILES string of the molecule is CC(=O)O[C@@H]1[C@@H](O)[C@@H](OC(C)=O)[C@H](O[C@@H]2[C@@H](OC(C)=O)[C@H](C)O[C@@H](O[C@@H]3[C@@H](O)[C@H](C)O[C@@H](O)[C@@H]3O)[C@@H]2OC(C)=O)O[C@H]1C. The molecule has 0 amide bonds. The number of aliphatic hydroxyl groups is 4. The summed E-state index contributed by atoms with van der Waals surface area (Å²) in [5, 5.41) is 42.2. The van der Waals surface area contributed by atoms with Crippen LogP contribution in [0.5, 0.6) is 0 Å². The van der Waals surface area contributed by atoms with E-state index in [0.717, 1.165) is 27.7 Å². The van der Waals surface area contributed by atoms with Gasteiger partial charge in [-0.3, -0.25) is 19.2 Å². The summed E-state index contributed by atoms with van der Waals surface area (Å²) >= 11 is 0. The first-order valence-corrected chi connectivity index (χ1v) is 13.7. The molecule has 43 heavy (non-hydrogen) atoms. The summed E-state index contributed by atoms with van der Waals surface area (Å²) in [4.78, 5) is 47.9. The Balaban J connectivity index is 2.00. The predicted octanol–water partition coefficient (Wildman–Crippen LogP) is -2.21. The van der Waals surface area contributed by atoms with Gasteiger partial charge >= 0.3 is 23.9 Å². The van der Waals surface area contributed by atoms with Crippen LogP contribution >= 0.6 is 0 Å². The lowest BCUT2D eigenvalue weighted by Crippen LogP contribution is -2.67. The van der Waals surface area contributed by atoms with Gasteiger partial charge in [-0.05, 0) is 20.8 Å². The Morgan fingerprint density at radius 3 is 1.42 bits per heavy atom. The van der Waals surface area contributed by atoms with Crippen LogP contribution in [0.2, 0.25) is 0 Å². The maximum Gasteiger partial charge on any atom is 0.303 e. The average Bonchev–Trinajstić information content (AvgIpc) is 2.88. The number of ether oxygens (including phenoxy) is 9. The van der Waals surface area contributed by atoms with Crippen LogP contribution in [0.3, 0.4) is 0 Å². The topological polar surface area (TPSA) is 232 Å². The van der Waals surface area contributed by atoms with Crippen LogP contribution in [0.1, 0.15) is 48.5 Å². The molecule has 0 bridgehead atoms. The number of aliphatic hydroxyl groups excluding tert-OH is 4. The highest BCUT2D eigenvalue weighted by Gasteiger charge is 2.56. The molecular formula is C26H40O17. The van der Waals surface area contributed by atoms with Gasteiger partial charge in [0.2, 0.25) is 0 Å². The Morgan fingerprint density at radius 1 is 0.465 bits per heavy atom. The van der Waals surface area contributed by atoms with E-state index in [1.807, 2.05) is 0 Å². The summed E-state index contributed by atoms with van der Waals surface area (Å²) in [6.07, 6.45) is -21.6. The molecule has 0 aromatic heterocycles. The second-order valence-corrected chi connectivity index (χ2v) is 10.6. The van der Waals surface area contributed by atoms with Crippen molar-refractivity contribution in [2.24, 2.45) is 0 Å². The molecular weight excluding hydrogens is 584 g/mol. The normalized spacial score (nSPS) is 43.3. The van der Waals surface area contributed by atoms with Gasteiger partial charge in [0, 0.05) is 27.7 Å². The van der Waals surface area contributed by atoms with Crippen molar-refractivity contribution < 1.29 is 82.2 Å². The van der Waals surface area contributed by atoms with Gasteiger partial charge < -0.3 is 63.1 Å². The molecule has 3 aliphatic heterocycles. The van der Waals surface area contributed by atoms with Crippen molar-refractivity contribution in [1.29, 1.82) is 0 Å². The molecule has 0 saturated carbocycles. The van der Waals surface area contributed by atoms with Crippen molar-refractivity contribution in [2.45, 2.75) is 141 Å². The van der Waals surface area contributed by atoms with Crippen molar-refractivity contribution >= 4 is 23.9 Å². The van der Waals surface area contributed by atoms with E-state index >= 15 is 0 Å². The molecule has 17 nitrogen and oxygen atoms in total. The van der Waals surface area contributed by atoms with Crippen LogP contribution in [-0.2, 0) is 61.8 Å². The smallest absolute Gasteiger partial charge is 0.303 e. The fourth-order valence-electron chi connectivity index (χ4n) is 5.17. The van der Waals surface area contributed by atoms with E-state index in [9.17, 15) is 39.6 Å². The van der Waals surface area contributed by atoms with Gasteiger partial charge in [0.15, 0.2) is 43.3 Å². The van der Waals surface area contributed by atoms with Crippen LogP contribution in [-0.4, -0.2) is 136 Å². The van der Waals surface area contributed by atoms with Crippen molar-refractivity contribution in [3.63, 3.8) is 0 Å². The molecule has 3 saturated heterocycles. The second-order valence-electron chi connectivity index (χ2n) is 10.6. The summed E-state index contributed by atoms with van der Waals surface area (Å²) in [6.45, 7) is 8.71. The summed E-state index contributed by atoms with van der Waals surface area (Å²) < 4.78 is 50.1. The van der Waals surface area contributed by atoms with Crippen LogP contribution in [0, 0.1) is 0 Å². The lowest BCUT2D eigenvalue weighted by Gasteiger charge is -2.49. The Kier molecular flexibility index (Phi) is 11.8. The molecule has 0 spiro atoms. The molecule has 3 fully saturated rings. The minimum absolute atomic E-state index is 0.736. The monoisotopic (exact) mass is 624 g/mol. The Labute approximate surface area is 247 Å². The minimum Gasteiger partial charge on any atom is -0.457 e. The number of carbonyl (C=O) groups excluding carboxylic acids is 4. The molecule has 0 aromatic carbocycles. The lowest BCUT2D eigenvalue weighted by molar-refractivity contribution is -0.374. The van der Waals surface area contributed by atoms with Crippen molar-refractivity contribution in [3.05, 3.63) is 0 Å². The van der Waals surface area contributed by atoms with E-state index in [-0.39, 0.29) is 0 Å². The van der Waals surface area contributed by atoms with Crippen molar-refractivity contribution in [2.75, 3.05) is 0 Å². The van der Waals surface area contributed by atoms with Gasteiger partial charge in [-0.15, -0.1) is 0 Å². The highest BCUT2D eigenvalue weighted by Crippen LogP contribution is 2.35. The number of hydrogen-bond acceptors (Lipinski definition) is 17. The Bertz CT molecular complexity index is 992. The number of carbonyl (C=O) groups is 4. The molecule has 4 N–H and O–H groups in total. The molecule has 0 radical (unpaired) electrons. The molecule has 3 aliphatic rings. The zero-order valence-corrected chi connectivity index (χ0v) is 24.8. The Hall–Kier alpha value is -2.48. The minimum atomic E-state index is -1.75. The Morgan fingerprint density at radius 2 is 0.884 bits per heavy atom. The fraction of sp³-hybridized carbons (Fsp3) is 0.846. The van der Waals surface area contributed by atoms with E-state index in [0.29, 0.717) is 0 Å². The summed E-state index contributed by atoms with van der Waals surface area (Å²) in [5.41, 5.74) is 0. The first kappa shape index (κ1) is 35.0. The third-order valence-electron chi connectivity index (χ3n) is 7.07. The van der Waals surface area contributed by atoms with Crippen molar-refractivity contribution in [1.82, 2.24) is 0 Å². The largest absolute Gasteiger partial charge is 0.457 e. The van der Waals surface area contributed by atoms with Gasteiger partial charge in [-0.2, -0.15) is 0 Å². The maximum absolute atomic E-state index is 12.2. The molecule has 3 rings (SSSR count). The number of hydrogen-bond donors (Lipinski definition) is 4. The summed E-state index contributed by atoms with van der Waals surface area (Å²) in [5.74, 6) is -3.22. The van der Waals surface area contributed by atoms with E-state index in [4.69, 9.17) is 42.6 Å². The van der Waals surface area contributed by atoms with E-state index in [1.165, 1.54) is 20.8 Å².